The molecule has 5 nitrogen and oxygen atoms in total. The van der Waals surface area contributed by atoms with E-state index < -0.39 is 13.7 Å². The molecule has 1 spiro atoms. The molecule has 0 aromatic rings. The Balaban J connectivity index is 1.77. The fraction of sp³-hybridized carbons (Fsp3) is 1.00. The van der Waals surface area contributed by atoms with E-state index in [-0.39, 0.29) is 6.10 Å². The predicted molar refractivity (Wildman–Crippen MR) is 53.1 cm³/mol. The first-order chi connectivity index (χ1) is 7.19. The van der Waals surface area contributed by atoms with Crippen molar-refractivity contribution in [3.8, 4) is 0 Å². The van der Waals surface area contributed by atoms with Crippen molar-refractivity contribution in [2.45, 2.75) is 44.6 Å². The van der Waals surface area contributed by atoms with Crippen LogP contribution in [0.5, 0.6) is 0 Å². The van der Waals surface area contributed by atoms with Crippen LogP contribution in [0.4, 0.5) is 0 Å². The molecule has 15 heavy (non-hydrogen) atoms. The van der Waals surface area contributed by atoms with Gasteiger partial charge in [-0.15, -0.1) is 0 Å². The first-order valence-corrected chi connectivity index (χ1v) is 7.09. The van der Waals surface area contributed by atoms with Crippen LogP contribution < -0.4 is 0 Å². The lowest BCUT2D eigenvalue weighted by atomic mass is 10.0. The number of hydrogen-bond donors (Lipinski definition) is 0. The molecule has 1 atom stereocenters. The van der Waals surface area contributed by atoms with Crippen LogP contribution in [0.25, 0.3) is 0 Å². The molecular formula is C9H16NO4P. The number of phosphoric acid groups is 1. The standard InChI is InChI=1S/C9H16NO4P/c1-2-3-6-10-7-4-5-8-9(10)13-15(11,12-8)14-9/h8H,2-7H2,1H3. The van der Waals surface area contributed by atoms with Gasteiger partial charge in [-0.1, -0.05) is 13.3 Å². The summed E-state index contributed by atoms with van der Waals surface area (Å²) >= 11 is 0. The van der Waals surface area contributed by atoms with Crippen LogP contribution in [0.1, 0.15) is 32.6 Å². The van der Waals surface area contributed by atoms with Crippen molar-refractivity contribution in [1.29, 1.82) is 0 Å². The Bertz CT molecular complexity index is 311. The maximum Gasteiger partial charge on any atom is 0.482 e. The topological polar surface area (TPSA) is 48.0 Å². The van der Waals surface area contributed by atoms with Crippen molar-refractivity contribution in [3.05, 3.63) is 0 Å². The normalized spacial score (nSPS) is 48.7. The van der Waals surface area contributed by atoms with Crippen molar-refractivity contribution >= 4 is 7.82 Å². The monoisotopic (exact) mass is 233 g/mol. The van der Waals surface area contributed by atoms with E-state index in [0.717, 1.165) is 38.8 Å². The quantitative estimate of drug-likeness (QED) is 0.698. The molecule has 4 aliphatic rings. The van der Waals surface area contributed by atoms with E-state index in [1.54, 1.807) is 0 Å². The van der Waals surface area contributed by atoms with Gasteiger partial charge in [0.05, 0.1) is 0 Å². The van der Waals surface area contributed by atoms with Crippen LogP contribution >= 0.6 is 7.82 Å². The summed E-state index contributed by atoms with van der Waals surface area (Å²) in [6.45, 7) is 4.02. The number of rotatable bonds is 3. The number of nitrogens with zero attached hydrogens (tertiary/aromatic N) is 1. The van der Waals surface area contributed by atoms with Crippen LogP contribution in [0, 0.1) is 0 Å². The van der Waals surface area contributed by atoms with Crippen molar-refractivity contribution in [1.82, 2.24) is 4.90 Å². The van der Waals surface area contributed by atoms with Gasteiger partial charge in [0, 0.05) is 13.1 Å². The largest absolute Gasteiger partial charge is 0.482 e. The molecule has 0 aromatic carbocycles. The van der Waals surface area contributed by atoms with Gasteiger partial charge in [0.2, 0.25) is 0 Å². The average molecular weight is 233 g/mol. The molecule has 0 aromatic heterocycles. The van der Waals surface area contributed by atoms with Crippen molar-refractivity contribution in [2.75, 3.05) is 13.1 Å². The number of hydrogen-bond acceptors (Lipinski definition) is 5. The van der Waals surface area contributed by atoms with Gasteiger partial charge in [-0.3, -0.25) is 4.52 Å². The Kier molecular flexibility index (Phi) is 2.24. The minimum absolute atomic E-state index is 0.145. The second-order valence-corrected chi connectivity index (χ2v) is 5.81. The number of phosphoric ester groups is 1. The molecule has 4 aliphatic heterocycles. The van der Waals surface area contributed by atoms with Gasteiger partial charge in [-0.2, -0.15) is 0 Å². The Labute approximate surface area is 89.3 Å². The maximum atomic E-state index is 11.6. The van der Waals surface area contributed by atoms with Gasteiger partial charge in [-0.05, 0) is 19.3 Å². The zero-order chi connectivity index (χ0) is 10.5. The summed E-state index contributed by atoms with van der Waals surface area (Å²) in [5, 5.41) is 0. The summed E-state index contributed by atoms with van der Waals surface area (Å²) in [5.74, 6) is -0.789. The summed E-state index contributed by atoms with van der Waals surface area (Å²) in [5.41, 5.74) is 0. The molecule has 0 saturated carbocycles. The molecule has 4 rings (SSSR count). The molecule has 2 bridgehead atoms. The van der Waals surface area contributed by atoms with Crippen LogP contribution in [0.3, 0.4) is 0 Å². The highest BCUT2D eigenvalue weighted by molar-refractivity contribution is 7.50. The van der Waals surface area contributed by atoms with Crippen molar-refractivity contribution in [3.63, 3.8) is 0 Å². The fourth-order valence-electron chi connectivity index (χ4n) is 2.50. The summed E-state index contributed by atoms with van der Waals surface area (Å²) in [7, 11) is -3.13. The highest BCUT2D eigenvalue weighted by Crippen LogP contribution is 2.76. The number of piperidine rings is 1. The Morgan fingerprint density at radius 1 is 1.53 bits per heavy atom. The predicted octanol–water partition coefficient (Wildman–Crippen LogP) is 2.09. The lowest BCUT2D eigenvalue weighted by molar-refractivity contribution is -0.289. The average Bonchev–Trinajstić information content (AvgIpc) is 2.61. The third kappa shape index (κ3) is 1.34. The van der Waals surface area contributed by atoms with Gasteiger partial charge < -0.3 is 0 Å². The SMILES string of the molecule is CCCCN1CCCC2OP3(=O)OC21O3. The van der Waals surface area contributed by atoms with E-state index in [0.29, 0.717) is 0 Å². The third-order valence-electron chi connectivity index (χ3n) is 3.27. The summed E-state index contributed by atoms with van der Waals surface area (Å²) in [6.07, 6.45) is 4.03. The highest BCUT2D eigenvalue weighted by Gasteiger charge is 2.74. The molecule has 0 amide bonds. The summed E-state index contributed by atoms with van der Waals surface area (Å²) in [4.78, 5) is 2.13. The summed E-state index contributed by atoms with van der Waals surface area (Å²) in [6, 6.07) is 0. The van der Waals surface area contributed by atoms with Crippen molar-refractivity contribution < 1.29 is 18.1 Å². The molecule has 86 valence electrons. The van der Waals surface area contributed by atoms with Gasteiger partial charge in [-0.25, -0.2) is 18.5 Å². The van der Waals surface area contributed by atoms with Crippen LogP contribution in [-0.2, 0) is 18.1 Å². The molecule has 4 heterocycles. The molecule has 6 heteroatoms. The molecule has 4 saturated heterocycles. The van der Waals surface area contributed by atoms with Gasteiger partial charge in [0.25, 0.3) is 5.91 Å². The summed E-state index contributed by atoms with van der Waals surface area (Å²) < 4.78 is 27.6. The van der Waals surface area contributed by atoms with E-state index >= 15 is 0 Å². The lowest BCUT2D eigenvalue weighted by Crippen LogP contribution is -2.61. The first-order valence-electron chi connectivity index (χ1n) is 5.63. The highest BCUT2D eigenvalue weighted by atomic mass is 31.2. The molecule has 0 N–H and O–H groups in total. The van der Waals surface area contributed by atoms with Gasteiger partial charge in [0.15, 0.2) is 0 Å². The third-order valence-corrected chi connectivity index (χ3v) is 4.75. The van der Waals surface area contributed by atoms with E-state index in [2.05, 4.69) is 11.8 Å². The van der Waals surface area contributed by atoms with Crippen LogP contribution in [0.15, 0.2) is 0 Å². The Hall–Kier alpha value is 0.0700. The molecule has 0 aliphatic carbocycles. The molecular weight excluding hydrogens is 217 g/mol. The van der Waals surface area contributed by atoms with E-state index in [4.69, 9.17) is 13.6 Å². The van der Waals surface area contributed by atoms with Gasteiger partial charge in [0.1, 0.15) is 6.10 Å². The van der Waals surface area contributed by atoms with Crippen LogP contribution in [-0.4, -0.2) is 30.0 Å². The lowest BCUT2D eigenvalue weighted by Gasteiger charge is -2.46. The van der Waals surface area contributed by atoms with E-state index in [9.17, 15) is 4.57 Å². The Morgan fingerprint density at radius 2 is 2.33 bits per heavy atom. The fourth-order valence-corrected chi connectivity index (χ4v) is 4.26. The molecule has 4 fully saturated rings. The zero-order valence-corrected chi connectivity index (χ0v) is 9.74. The maximum absolute atomic E-state index is 11.6. The second-order valence-electron chi connectivity index (χ2n) is 4.34. The molecule has 1 unspecified atom stereocenters. The van der Waals surface area contributed by atoms with E-state index in [1.165, 1.54) is 0 Å². The Morgan fingerprint density at radius 3 is 3.07 bits per heavy atom. The minimum Gasteiger partial charge on any atom is -0.276 e. The smallest absolute Gasteiger partial charge is 0.276 e. The van der Waals surface area contributed by atoms with Gasteiger partial charge >= 0.3 is 7.82 Å². The minimum atomic E-state index is -3.13. The number of unbranched alkanes of at least 4 members (excludes halogenated alkanes) is 1. The van der Waals surface area contributed by atoms with Crippen LogP contribution in [0.2, 0.25) is 0 Å². The zero-order valence-electron chi connectivity index (χ0n) is 8.85. The van der Waals surface area contributed by atoms with Crippen molar-refractivity contribution in [2.24, 2.45) is 0 Å². The van der Waals surface area contributed by atoms with E-state index in [1.807, 2.05) is 0 Å². The first kappa shape index (κ1) is 10.2. The molecule has 0 radical (unpaired) electrons. The number of likely N-dealkylation sites (tertiary alicyclic amines) is 1. The second kappa shape index (κ2) is 3.28.